The molecule has 1 saturated heterocycles. The van der Waals surface area contributed by atoms with Crippen LogP contribution >= 0.6 is 0 Å². The van der Waals surface area contributed by atoms with Crippen LogP contribution in [0, 0.1) is 6.92 Å². The lowest BCUT2D eigenvalue weighted by atomic mass is 9.87. The van der Waals surface area contributed by atoms with E-state index in [4.69, 9.17) is 0 Å². The van der Waals surface area contributed by atoms with Crippen molar-refractivity contribution in [3.05, 3.63) is 53.5 Å². The topological polar surface area (TPSA) is 69.5 Å². The van der Waals surface area contributed by atoms with Crippen molar-refractivity contribution < 1.29 is 4.79 Å². The van der Waals surface area contributed by atoms with Crippen LogP contribution in [0.15, 0.2) is 36.8 Å². The quantitative estimate of drug-likeness (QED) is 0.475. The fraction of sp³-hybridized carbons (Fsp3) is 0.444. The highest BCUT2D eigenvalue weighted by atomic mass is 16.2. The van der Waals surface area contributed by atoms with Crippen LogP contribution in [0.3, 0.4) is 0 Å². The maximum absolute atomic E-state index is 12.4. The highest BCUT2D eigenvalue weighted by Crippen LogP contribution is 2.39. The Morgan fingerprint density at radius 2 is 1.97 bits per heavy atom. The number of carbonyl (C=O) groups excluding carboxylic acids is 1. The Labute approximate surface area is 200 Å². The van der Waals surface area contributed by atoms with Gasteiger partial charge in [0.15, 0.2) is 5.65 Å². The molecule has 5 rings (SSSR count). The summed E-state index contributed by atoms with van der Waals surface area (Å²) in [5.41, 5.74) is 8.31. The molecule has 0 saturated carbocycles. The Hall–Kier alpha value is -3.19. The molecule has 34 heavy (non-hydrogen) atoms. The first-order chi connectivity index (χ1) is 16.3. The molecule has 0 spiro atoms. The van der Waals surface area contributed by atoms with Gasteiger partial charge in [-0.3, -0.25) is 9.20 Å². The van der Waals surface area contributed by atoms with E-state index in [-0.39, 0.29) is 5.91 Å². The van der Waals surface area contributed by atoms with E-state index in [2.05, 4.69) is 66.4 Å². The van der Waals surface area contributed by atoms with Crippen LogP contribution in [-0.4, -0.2) is 69.0 Å². The lowest BCUT2D eigenvalue weighted by Gasteiger charge is -2.33. The van der Waals surface area contributed by atoms with Gasteiger partial charge in [-0.25, -0.2) is 0 Å². The van der Waals surface area contributed by atoms with Gasteiger partial charge < -0.3 is 14.8 Å². The van der Waals surface area contributed by atoms with Gasteiger partial charge in [-0.2, -0.15) is 0 Å². The molecule has 1 fully saturated rings. The SMILES string of the molecule is Cc1cc2nncn2cc1-c1[nH]c2ccc(C3CCN(C(=O)CN(C)C)CC3)cc2c1C(C)C. The summed E-state index contributed by atoms with van der Waals surface area (Å²) < 4.78 is 1.98. The molecule has 4 heterocycles. The van der Waals surface area contributed by atoms with E-state index in [0.29, 0.717) is 18.4 Å². The summed E-state index contributed by atoms with van der Waals surface area (Å²) in [7, 11) is 3.90. The van der Waals surface area contributed by atoms with E-state index in [9.17, 15) is 4.79 Å². The summed E-state index contributed by atoms with van der Waals surface area (Å²) >= 11 is 0. The van der Waals surface area contributed by atoms with Crippen LogP contribution in [0.5, 0.6) is 0 Å². The van der Waals surface area contributed by atoms with E-state index in [1.807, 2.05) is 28.3 Å². The number of hydrogen-bond donors (Lipinski definition) is 1. The monoisotopic (exact) mass is 458 g/mol. The molecule has 4 aromatic rings. The van der Waals surface area contributed by atoms with Gasteiger partial charge in [-0.15, -0.1) is 10.2 Å². The van der Waals surface area contributed by atoms with E-state index >= 15 is 0 Å². The molecule has 7 nitrogen and oxygen atoms in total. The molecule has 1 aliphatic rings. The number of pyridine rings is 1. The fourth-order valence-corrected chi connectivity index (χ4v) is 5.36. The second-order valence-corrected chi connectivity index (χ2v) is 10.2. The lowest BCUT2D eigenvalue weighted by molar-refractivity contribution is -0.132. The van der Waals surface area contributed by atoms with Gasteiger partial charge in [0.05, 0.1) is 12.2 Å². The molecular formula is C27H34N6O. The van der Waals surface area contributed by atoms with Crippen LogP contribution in [0.1, 0.15) is 55.2 Å². The van der Waals surface area contributed by atoms with E-state index in [1.165, 1.54) is 38.9 Å². The molecule has 3 aromatic heterocycles. The molecule has 0 unspecified atom stereocenters. The molecular weight excluding hydrogens is 424 g/mol. The number of fused-ring (bicyclic) bond motifs is 2. The van der Waals surface area contributed by atoms with Gasteiger partial charge in [0.1, 0.15) is 6.33 Å². The van der Waals surface area contributed by atoms with Crippen molar-refractivity contribution in [2.24, 2.45) is 0 Å². The third kappa shape index (κ3) is 4.09. The number of likely N-dealkylation sites (N-methyl/N-ethyl adjacent to an activating group) is 1. The zero-order chi connectivity index (χ0) is 24.0. The van der Waals surface area contributed by atoms with Crippen LogP contribution in [0.2, 0.25) is 0 Å². The third-order valence-electron chi connectivity index (χ3n) is 7.12. The summed E-state index contributed by atoms with van der Waals surface area (Å²) in [6.45, 7) is 8.82. The van der Waals surface area contributed by atoms with Crippen molar-refractivity contribution in [2.45, 2.75) is 45.4 Å². The fourth-order valence-electron chi connectivity index (χ4n) is 5.36. The minimum Gasteiger partial charge on any atom is -0.354 e. The van der Waals surface area contributed by atoms with E-state index in [1.54, 1.807) is 6.33 Å². The first kappa shape index (κ1) is 22.6. The average molecular weight is 459 g/mol. The zero-order valence-electron chi connectivity index (χ0n) is 20.8. The number of rotatable bonds is 5. The highest BCUT2D eigenvalue weighted by Gasteiger charge is 2.25. The summed E-state index contributed by atoms with van der Waals surface area (Å²) in [5, 5.41) is 9.53. The Morgan fingerprint density at radius 1 is 1.21 bits per heavy atom. The minimum absolute atomic E-state index is 0.233. The molecule has 0 atom stereocenters. The third-order valence-corrected chi connectivity index (χ3v) is 7.12. The molecule has 0 radical (unpaired) electrons. The van der Waals surface area contributed by atoms with Gasteiger partial charge in [0, 0.05) is 35.8 Å². The number of piperidine rings is 1. The molecule has 1 amide bonds. The number of likely N-dealkylation sites (tertiary alicyclic amines) is 1. The second-order valence-electron chi connectivity index (χ2n) is 10.2. The van der Waals surface area contributed by atoms with Crippen molar-refractivity contribution in [1.29, 1.82) is 0 Å². The lowest BCUT2D eigenvalue weighted by Crippen LogP contribution is -2.42. The van der Waals surface area contributed by atoms with Crippen LogP contribution < -0.4 is 0 Å². The van der Waals surface area contributed by atoms with E-state index in [0.717, 1.165) is 31.6 Å². The zero-order valence-corrected chi connectivity index (χ0v) is 20.8. The standard InChI is InChI=1S/C27H34N6O/c1-17(2)26-21-13-20(19-8-10-32(11-9-19)25(34)15-31(4)5)6-7-23(21)29-27(26)22-14-33-16-28-30-24(33)12-18(22)3/h6-7,12-14,16-17,19,29H,8-11,15H2,1-5H3. The van der Waals surface area contributed by atoms with Crippen LogP contribution in [0.25, 0.3) is 27.8 Å². The number of aromatic amines is 1. The normalized spacial score (nSPS) is 15.3. The van der Waals surface area contributed by atoms with Crippen molar-refractivity contribution in [3.8, 4) is 11.3 Å². The van der Waals surface area contributed by atoms with Gasteiger partial charge in [-0.05, 0) is 80.6 Å². The number of amides is 1. The molecule has 1 aliphatic heterocycles. The van der Waals surface area contributed by atoms with Crippen molar-refractivity contribution in [3.63, 3.8) is 0 Å². The number of nitrogens with one attached hydrogen (secondary N) is 1. The Balaban J connectivity index is 1.47. The van der Waals surface area contributed by atoms with Gasteiger partial charge >= 0.3 is 0 Å². The largest absolute Gasteiger partial charge is 0.354 e. The van der Waals surface area contributed by atoms with Crippen molar-refractivity contribution in [1.82, 2.24) is 29.4 Å². The summed E-state index contributed by atoms with van der Waals surface area (Å²) in [6.07, 6.45) is 5.91. The first-order valence-electron chi connectivity index (χ1n) is 12.2. The van der Waals surface area contributed by atoms with Gasteiger partial charge in [0.25, 0.3) is 0 Å². The number of aryl methyl sites for hydroxylation is 1. The molecule has 7 heteroatoms. The predicted octanol–water partition coefficient (Wildman–Crippen LogP) is 4.58. The van der Waals surface area contributed by atoms with Gasteiger partial charge in [-0.1, -0.05) is 19.9 Å². The number of nitrogens with zero attached hydrogens (tertiary/aromatic N) is 5. The van der Waals surface area contributed by atoms with Crippen molar-refractivity contribution >= 4 is 22.5 Å². The second kappa shape index (κ2) is 8.87. The number of carbonyl (C=O) groups is 1. The molecule has 1 N–H and O–H groups in total. The molecule has 0 aliphatic carbocycles. The Kier molecular flexibility index (Phi) is 5.90. The number of benzene rings is 1. The minimum atomic E-state index is 0.233. The maximum atomic E-state index is 12.4. The molecule has 178 valence electrons. The van der Waals surface area contributed by atoms with Gasteiger partial charge in [0.2, 0.25) is 5.91 Å². The highest BCUT2D eigenvalue weighted by molar-refractivity contribution is 5.92. The summed E-state index contributed by atoms with van der Waals surface area (Å²) in [4.78, 5) is 20.1. The van der Waals surface area contributed by atoms with Crippen LogP contribution in [0.4, 0.5) is 0 Å². The predicted molar refractivity (Wildman–Crippen MR) is 136 cm³/mol. The summed E-state index contributed by atoms with van der Waals surface area (Å²) in [6, 6.07) is 8.98. The number of hydrogen-bond acceptors (Lipinski definition) is 4. The average Bonchev–Trinajstić information content (AvgIpc) is 3.41. The first-order valence-corrected chi connectivity index (χ1v) is 12.2. The van der Waals surface area contributed by atoms with Crippen molar-refractivity contribution in [2.75, 3.05) is 33.7 Å². The Bertz CT molecular complexity index is 1340. The van der Waals surface area contributed by atoms with E-state index < -0.39 is 0 Å². The molecule has 1 aromatic carbocycles. The smallest absolute Gasteiger partial charge is 0.236 e. The number of aromatic nitrogens is 4. The number of H-pyrrole nitrogens is 1. The maximum Gasteiger partial charge on any atom is 0.236 e. The van der Waals surface area contributed by atoms with Crippen LogP contribution in [-0.2, 0) is 4.79 Å². The Morgan fingerprint density at radius 3 is 2.68 bits per heavy atom. The molecule has 0 bridgehead atoms. The summed E-state index contributed by atoms with van der Waals surface area (Å²) in [5.74, 6) is 1.10.